The SMILES string of the molecule is CC(C)O.O=c1ccn([C@@H]2O[C@H](CO)[C@@H](O)[C@H]2O)c(=O)[nH]1. The topological polar surface area (TPSA) is 145 Å². The van der Waals surface area contributed by atoms with Crippen molar-refractivity contribution in [2.45, 2.75) is 44.5 Å². The second kappa shape index (κ2) is 7.48. The summed E-state index contributed by atoms with van der Waals surface area (Å²) in [5, 5.41) is 36.1. The number of ether oxygens (including phenoxy) is 1. The molecule has 1 aliphatic heterocycles. The summed E-state index contributed by atoms with van der Waals surface area (Å²) in [6.07, 6.45) is -3.75. The molecule has 0 saturated carbocycles. The summed E-state index contributed by atoms with van der Waals surface area (Å²) in [4.78, 5) is 24.3. The van der Waals surface area contributed by atoms with E-state index in [2.05, 4.69) is 0 Å². The molecular formula is C12H20N2O7. The standard InChI is InChI=1S/C9H12N2O6.C3H8O/c12-3-4-6(14)7(15)8(17-4)11-2-1-5(13)10-9(11)16;1-3(2)4/h1-2,4,6-8,12,14-15H,3H2,(H,10,13,16);3-4H,1-2H3/t4-,6-,7-,8-;/m1./s1. The number of H-pyrrole nitrogens is 1. The van der Waals surface area contributed by atoms with Gasteiger partial charge in [-0.1, -0.05) is 0 Å². The molecule has 9 nitrogen and oxygen atoms in total. The van der Waals surface area contributed by atoms with E-state index >= 15 is 0 Å². The minimum Gasteiger partial charge on any atom is -0.394 e. The zero-order chi connectivity index (χ0) is 16.2. The lowest BCUT2D eigenvalue weighted by Gasteiger charge is -2.16. The molecule has 0 unspecified atom stereocenters. The summed E-state index contributed by atoms with van der Waals surface area (Å²) in [5.41, 5.74) is -1.33. The third kappa shape index (κ3) is 4.48. The van der Waals surface area contributed by atoms with E-state index in [-0.39, 0.29) is 6.10 Å². The lowest BCUT2D eigenvalue weighted by molar-refractivity contribution is -0.0550. The Morgan fingerprint density at radius 3 is 2.33 bits per heavy atom. The van der Waals surface area contributed by atoms with Crippen LogP contribution in [0.3, 0.4) is 0 Å². The van der Waals surface area contributed by atoms with Gasteiger partial charge in [0.05, 0.1) is 6.61 Å². The van der Waals surface area contributed by atoms with Crippen LogP contribution in [0.25, 0.3) is 0 Å². The van der Waals surface area contributed by atoms with Gasteiger partial charge in [-0.2, -0.15) is 0 Å². The van der Waals surface area contributed by atoms with Gasteiger partial charge < -0.3 is 25.2 Å². The average molecular weight is 304 g/mol. The molecule has 1 saturated heterocycles. The van der Waals surface area contributed by atoms with Gasteiger partial charge in [-0.25, -0.2) is 4.79 Å². The molecule has 5 N–H and O–H groups in total. The van der Waals surface area contributed by atoms with Crippen molar-refractivity contribution >= 4 is 0 Å². The van der Waals surface area contributed by atoms with E-state index < -0.39 is 42.4 Å². The molecule has 0 radical (unpaired) electrons. The van der Waals surface area contributed by atoms with E-state index in [1.54, 1.807) is 13.8 Å². The van der Waals surface area contributed by atoms with Crippen LogP contribution in [0, 0.1) is 0 Å². The van der Waals surface area contributed by atoms with Gasteiger partial charge >= 0.3 is 5.69 Å². The Morgan fingerprint density at radius 1 is 1.33 bits per heavy atom. The number of aliphatic hydroxyl groups is 4. The third-order valence-corrected chi connectivity index (χ3v) is 2.64. The molecule has 4 atom stereocenters. The predicted molar refractivity (Wildman–Crippen MR) is 71.7 cm³/mol. The van der Waals surface area contributed by atoms with Gasteiger partial charge in [0.1, 0.15) is 18.3 Å². The van der Waals surface area contributed by atoms with Crippen LogP contribution in [0.1, 0.15) is 20.1 Å². The van der Waals surface area contributed by atoms with E-state index in [1.807, 2.05) is 4.98 Å². The molecule has 0 aliphatic carbocycles. The van der Waals surface area contributed by atoms with Gasteiger partial charge in [0.15, 0.2) is 6.23 Å². The van der Waals surface area contributed by atoms with Gasteiger partial charge in [0.2, 0.25) is 0 Å². The number of nitrogens with zero attached hydrogens (tertiary/aromatic N) is 1. The highest BCUT2D eigenvalue weighted by Gasteiger charge is 2.43. The summed E-state index contributed by atoms with van der Waals surface area (Å²) in [7, 11) is 0. The van der Waals surface area contributed by atoms with Crippen molar-refractivity contribution in [1.29, 1.82) is 0 Å². The molecule has 2 rings (SSSR count). The van der Waals surface area contributed by atoms with Gasteiger partial charge in [0, 0.05) is 18.4 Å². The number of aliphatic hydroxyl groups excluding tert-OH is 4. The van der Waals surface area contributed by atoms with Crippen LogP contribution in [-0.2, 0) is 4.74 Å². The summed E-state index contributed by atoms with van der Waals surface area (Å²) < 4.78 is 6.08. The Kier molecular flexibility index (Phi) is 6.24. The highest BCUT2D eigenvalue weighted by molar-refractivity contribution is 4.92. The molecule has 1 aromatic rings. The molecule has 2 heterocycles. The maximum absolute atomic E-state index is 11.4. The van der Waals surface area contributed by atoms with Crippen LogP contribution in [0.5, 0.6) is 0 Å². The maximum Gasteiger partial charge on any atom is 0.330 e. The van der Waals surface area contributed by atoms with Crippen molar-refractivity contribution in [2.24, 2.45) is 0 Å². The molecule has 1 aliphatic rings. The molecular weight excluding hydrogens is 284 g/mol. The molecule has 9 heteroatoms. The number of hydrogen-bond acceptors (Lipinski definition) is 7. The van der Waals surface area contributed by atoms with E-state index in [0.717, 1.165) is 16.8 Å². The van der Waals surface area contributed by atoms with Gasteiger partial charge in [-0.3, -0.25) is 14.3 Å². The first kappa shape index (κ1) is 17.5. The first-order chi connectivity index (χ1) is 9.77. The highest BCUT2D eigenvalue weighted by atomic mass is 16.6. The smallest absolute Gasteiger partial charge is 0.330 e. The van der Waals surface area contributed by atoms with Gasteiger partial charge in [-0.15, -0.1) is 0 Å². The molecule has 0 spiro atoms. The van der Waals surface area contributed by atoms with E-state index in [9.17, 15) is 19.8 Å². The molecule has 0 bridgehead atoms. The quantitative estimate of drug-likeness (QED) is 0.407. The second-order valence-electron chi connectivity index (χ2n) is 4.84. The fraction of sp³-hybridized carbons (Fsp3) is 0.667. The van der Waals surface area contributed by atoms with Crippen LogP contribution in [0.15, 0.2) is 21.9 Å². The summed E-state index contributed by atoms with van der Waals surface area (Å²) >= 11 is 0. The van der Waals surface area contributed by atoms with Crippen LogP contribution >= 0.6 is 0 Å². The average Bonchev–Trinajstić information content (AvgIpc) is 2.66. The van der Waals surface area contributed by atoms with Crippen LogP contribution in [0.4, 0.5) is 0 Å². The highest BCUT2D eigenvalue weighted by Crippen LogP contribution is 2.27. The molecule has 0 amide bonds. The fourth-order valence-electron chi connectivity index (χ4n) is 1.74. The fourth-order valence-corrected chi connectivity index (χ4v) is 1.74. The Labute approximate surface area is 120 Å². The van der Waals surface area contributed by atoms with E-state index in [0.29, 0.717) is 0 Å². The zero-order valence-electron chi connectivity index (χ0n) is 11.7. The maximum atomic E-state index is 11.4. The Morgan fingerprint density at radius 2 is 1.90 bits per heavy atom. The van der Waals surface area contributed by atoms with Crippen molar-refractivity contribution in [3.63, 3.8) is 0 Å². The minimum atomic E-state index is -1.35. The summed E-state index contributed by atoms with van der Waals surface area (Å²) in [6, 6.07) is 1.09. The molecule has 120 valence electrons. The lowest BCUT2D eigenvalue weighted by Crippen LogP contribution is -2.37. The number of nitrogens with one attached hydrogen (secondary N) is 1. The minimum absolute atomic E-state index is 0.167. The van der Waals surface area contributed by atoms with Crippen LogP contribution < -0.4 is 11.2 Å². The molecule has 1 fully saturated rings. The number of hydrogen-bond donors (Lipinski definition) is 5. The van der Waals surface area contributed by atoms with Crippen molar-refractivity contribution in [3.05, 3.63) is 33.1 Å². The van der Waals surface area contributed by atoms with Crippen molar-refractivity contribution in [2.75, 3.05) is 6.61 Å². The normalized spacial score (nSPS) is 28.3. The monoisotopic (exact) mass is 304 g/mol. The second-order valence-corrected chi connectivity index (χ2v) is 4.84. The first-order valence-corrected chi connectivity index (χ1v) is 6.40. The van der Waals surface area contributed by atoms with E-state index in [1.165, 1.54) is 0 Å². The summed E-state index contributed by atoms with van der Waals surface area (Å²) in [6.45, 7) is 2.97. The van der Waals surface area contributed by atoms with Crippen LogP contribution in [-0.4, -0.2) is 61.0 Å². The Bertz CT molecular complexity index is 550. The third-order valence-electron chi connectivity index (χ3n) is 2.64. The lowest BCUT2D eigenvalue weighted by atomic mass is 10.1. The zero-order valence-corrected chi connectivity index (χ0v) is 11.7. The Hall–Kier alpha value is -1.52. The van der Waals surface area contributed by atoms with Gasteiger partial charge in [-0.05, 0) is 13.8 Å². The van der Waals surface area contributed by atoms with Crippen molar-refractivity contribution < 1.29 is 25.2 Å². The van der Waals surface area contributed by atoms with Crippen LogP contribution in [0.2, 0.25) is 0 Å². The van der Waals surface area contributed by atoms with Gasteiger partial charge in [0.25, 0.3) is 5.56 Å². The largest absolute Gasteiger partial charge is 0.394 e. The first-order valence-electron chi connectivity index (χ1n) is 6.40. The van der Waals surface area contributed by atoms with Crippen molar-refractivity contribution in [3.8, 4) is 0 Å². The molecule has 0 aromatic carbocycles. The summed E-state index contributed by atoms with van der Waals surface area (Å²) in [5.74, 6) is 0. The molecule has 21 heavy (non-hydrogen) atoms. The van der Waals surface area contributed by atoms with Crippen molar-refractivity contribution in [1.82, 2.24) is 9.55 Å². The van der Waals surface area contributed by atoms with E-state index in [4.69, 9.17) is 14.9 Å². The number of rotatable bonds is 2. The Balaban J connectivity index is 0.000000491. The number of aromatic nitrogens is 2. The number of aromatic amines is 1. The molecule has 1 aromatic heterocycles. The predicted octanol–water partition coefficient (Wildman–Crippen LogP) is -2.46.